The SMILES string of the molecule is CC1(C)c2ccccc2-c2ccc(N(c3cccc(-c4ccccc4)c3)c3cc4ccccc4c4c3-c3ccccc3C4(C)C)cc21. The predicted octanol–water partition coefficient (Wildman–Crippen LogP) is 12.6. The van der Waals surface area contributed by atoms with Crippen LogP contribution in [0.1, 0.15) is 49.9 Å². The third kappa shape index (κ3) is 4.02. The van der Waals surface area contributed by atoms with Gasteiger partial charge in [-0.15, -0.1) is 0 Å². The molecular formula is C46H37N. The fourth-order valence-corrected chi connectivity index (χ4v) is 8.53. The summed E-state index contributed by atoms with van der Waals surface area (Å²) in [6, 6.07) is 56.2. The first-order chi connectivity index (χ1) is 22.8. The van der Waals surface area contributed by atoms with E-state index in [1.165, 1.54) is 77.8 Å². The minimum atomic E-state index is -0.138. The molecule has 9 rings (SSSR count). The lowest BCUT2D eigenvalue weighted by Crippen LogP contribution is -2.18. The number of hydrogen-bond donors (Lipinski definition) is 0. The summed E-state index contributed by atoms with van der Waals surface area (Å²) in [4.78, 5) is 2.52. The third-order valence-corrected chi connectivity index (χ3v) is 10.8. The van der Waals surface area contributed by atoms with Crippen LogP contribution in [0, 0.1) is 0 Å². The Kier molecular flexibility index (Phi) is 5.96. The maximum absolute atomic E-state index is 2.52. The van der Waals surface area contributed by atoms with E-state index in [-0.39, 0.29) is 10.8 Å². The van der Waals surface area contributed by atoms with Crippen molar-refractivity contribution in [3.05, 3.63) is 174 Å². The lowest BCUT2D eigenvalue weighted by molar-refractivity contribution is 0.660. The molecule has 0 amide bonds. The van der Waals surface area contributed by atoms with E-state index in [1.54, 1.807) is 0 Å². The lowest BCUT2D eigenvalue weighted by Gasteiger charge is -2.31. The van der Waals surface area contributed by atoms with Gasteiger partial charge in [-0.3, -0.25) is 0 Å². The lowest BCUT2D eigenvalue weighted by atomic mass is 9.80. The van der Waals surface area contributed by atoms with Crippen LogP contribution in [-0.4, -0.2) is 0 Å². The molecular weight excluding hydrogens is 567 g/mol. The van der Waals surface area contributed by atoms with E-state index in [0.29, 0.717) is 0 Å². The molecule has 47 heavy (non-hydrogen) atoms. The van der Waals surface area contributed by atoms with Gasteiger partial charge in [0, 0.05) is 27.8 Å². The van der Waals surface area contributed by atoms with E-state index in [2.05, 4.69) is 184 Å². The number of nitrogens with zero attached hydrogens (tertiary/aromatic N) is 1. The first-order valence-corrected chi connectivity index (χ1v) is 16.7. The van der Waals surface area contributed by atoms with Gasteiger partial charge in [0.05, 0.1) is 5.69 Å². The molecule has 0 aromatic heterocycles. The Morgan fingerprint density at radius 1 is 0.426 bits per heavy atom. The zero-order valence-electron chi connectivity index (χ0n) is 27.4. The van der Waals surface area contributed by atoms with E-state index in [4.69, 9.17) is 0 Å². The van der Waals surface area contributed by atoms with Crippen molar-refractivity contribution in [3.63, 3.8) is 0 Å². The standard InChI is InChI=1S/C46H37N/c1-45(2)39-23-12-10-21-36(39)37-26-25-34(29-41(37)45)47(33-19-14-18-31(27-33)30-15-6-5-7-16-30)42-28-32-17-8-9-20-35(32)44-43(42)38-22-11-13-24-40(38)46(44,3)4/h5-29H,1-4H3. The molecule has 1 heteroatoms. The highest BCUT2D eigenvalue weighted by molar-refractivity contribution is 6.06. The van der Waals surface area contributed by atoms with Crippen molar-refractivity contribution < 1.29 is 0 Å². The summed E-state index contributed by atoms with van der Waals surface area (Å²) in [6.07, 6.45) is 0. The maximum Gasteiger partial charge on any atom is 0.0549 e. The number of rotatable bonds is 4. The van der Waals surface area contributed by atoms with Crippen LogP contribution >= 0.6 is 0 Å². The molecule has 0 fully saturated rings. The molecule has 0 saturated heterocycles. The minimum absolute atomic E-state index is 0.0978. The second-order valence-electron chi connectivity index (χ2n) is 14.2. The van der Waals surface area contributed by atoms with Crippen molar-refractivity contribution in [2.24, 2.45) is 0 Å². The van der Waals surface area contributed by atoms with Crippen LogP contribution in [0.4, 0.5) is 17.1 Å². The van der Waals surface area contributed by atoms with Gasteiger partial charge < -0.3 is 4.90 Å². The zero-order chi connectivity index (χ0) is 31.9. The van der Waals surface area contributed by atoms with Crippen LogP contribution in [0.3, 0.4) is 0 Å². The third-order valence-electron chi connectivity index (χ3n) is 10.8. The van der Waals surface area contributed by atoms with E-state index in [0.717, 1.165) is 5.69 Å². The molecule has 2 aliphatic carbocycles. The Bertz CT molecular complexity index is 2360. The summed E-state index contributed by atoms with van der Waals surface area (Å²) in [5.74, 6) is 0. The van der Waals surface area contributed by atoms with E-state index in [1.807, 2.05) is 0 Å². The topological polar surface area (TPSA) is 3.24 Å². The molecule has 0 unspecified atom stereocenters. The van der Waals surface area contributed by atoms with Gasteiger partial charge in [0.1, 0.15) is 0 Å². The van der Waals surface area contributed by atoms with Gasteiger partial charge >= 0.3 is 0 Å². The van der Waals surface area contributed by atoms with Crippen LogP contribution in [0.5, 0.6) is 0 Å². The van der Waals surface area contributed by atoms with Crippen LogP contribution in [0.25, 0.3) is 44.2 Å². The first-order valence-electron chi connectivity index (χ1n) is 16.7. The smallest absolute Gasteiger partial charge is 0.0549 e. The summed E-state index contributed by atoms with van der Waals surface area (Å²) < 4.78 is 0. The summed E-state index contributed by atoms with van der Waals surface area (Å²) in [7, 11) is 0. The predicted molar refractivity (Wildman–Crippen MR) is 199 cm³/mol. The van der Waals surface area contributed by atoms with Gasteiger partial charge in [0.2, 0.25) is 0 Å². The largest absolute Gasteiger partial charge is 0.310 e. The second kappa shape index (κ2) is 10.0. The summed E-state index contributed by atoms with van der Waals surface area (Å²) in [5.41, 5.74) is 16.6. The Morgan fingerprint density at radius 3 is 1.85 bits per heavy atom. The van der Waals surface area contributed by atoms with Crippen LogP contribution < -0.4 is 4.90 Å². The first kappa shape index (κ1) is 27.9. The van der Waals surface area contributed by atoms with E-state index in [9.17, 15) is 0 Å². The summed E-state index contributed by atoms with van der Waals surface area (Å²) in [5, 5.41) is 2.59. The van der Waals surface area contributed by atoms with Crippen molar-refractivity contribution in [1.82, 2.24) is 0 Å². The fraction of sp³-hybridized carbons (Fsp3) is 0.130. The highest BCUT2D eigenvalue weighted by Crippen LogP contribution is 2.57. The molecule has 7 aromatic rings. The van der Waals surface area contributed by atoms with E-state index >= 15 is 0 Å². The summed E-state index contributed by atoms with van der Waals surface area (Å²) >= 11 is 0. The van der Waals surface area contributed by atoms with Gasteiger partial charge in [-0.2, -0.15) is 0 Å². The molecule has 0 atom stereocenters. The molecule has 0 bridgehead atoms. The summed E-state index contributed by atoms with van der Waals surface area (Å²) in [6.45, 7) is 9.52. The van der Waals surface area contributed by atoms with Crippen LogP contribution in [-0.2, 0) is 10.8 Å². The molecule has 0 heterocycles. The number of benzene rings is 7. The van der Waals surface area contributed by atoms with Crippen molar-refractivity contribution in [2.45, 2.75) is 38.5 Å². The molecule has 0 aliphatic heterocycles. The number of fused-ring (bicyclic) bond motifs is 8. The molecule has 2 aliphatic rings. The van der Waals surface area contributed by atoms with Gasteiger partial charge in [-0.1, -0.05) is 149 Å². The number of anilines is 3. The van der Waals surface area contributed by atoms with Crippen molar-refractivity contribution >= 4 is 27.8 Å². The average Bonchev–Trinajstić information content (AvgIpc) is 3.49. The zero-order valence-corrected chi connectivity index (χ0v) is 27.4. The molecule has 1 nitrogen and oxygen atoms in total. The van der Waals surface area contributed by atoms with Gasteiger partial charge in [0.25, 0.3) is 0 Å². The molecule has 0 spiro atoms. The normalized spacial score (nSPS) is 14.7. The Morgan fingerprint density at radius 2 is 1.04 bits per heavy atom. The van der Waals surface area contributed by atoms with Crippen LogP contribution in [0.15, 0.2) is 152 Å². The molecule has 7 aromatic carbocycles. The Labute approximate surface area is 277 Å². The highest BCUT2D eigenvalue weighted by atomic mass is 15.1. The maximum atomic E-state index is 2.52. The van der Waals surface area contributed by atoms with Crippen molar-refractivity contribution in [1.29, 1.82) is 0 Å². The Balaban J connectivity index is 1.36. The second-order valence-corrected chi connectivity index (χ2v) is 14.2. The van der Waals surface area contributed by atoms with Crippen molar-refractivity contribution in [3.8, 4) is 33.4 Å². The van der Waals surface area contributed by atoms with E-state index < -0.39 is 0 Å². The molecule has 0 saturated carbocycles. The quantitative estimate of drug-likeness (QED) is 0.193. The van der Waals surface area contributed by atoms with Gasteiger partial charge in [0.15, 0.2) is 0 Å². The number of hydrogen-bond acceptors (Lipinski definition) is 1. The van der Waals surface area contributed by atoms with Gasteiger partial charge in [-0.25, -0.2) is 0 Å². The minimum Gasteiger partial charge on any atom is -0.310 e. The monoisotopic (exact) mass is 603 g/mol. The molecule has 0 radical (unpaired) electrons. The molecule has 0 N–H and O–H groups in total. The fourth-order valence-electron chi connectivity index (χ4n) is 8.53. The van der Waals surface area contributed by atoms with Crippen molar-refractivity contribution in [2.75, 3.05) is 4.90 Å². The molecule has 226 valence electrons. The Hall–Kier alpha value is -5.40. The highest BCUT2D eigenvalue weighted by Gasteiger charge is 2.40. The van der Waals surface area contributed by atoms with Crippen LogP contribution in [0.2, 0.25) is 0 Å². The van der Waals surface area contributed by atoms with Gasteiger partial charge in [-0.05, 0) is 91.2 Å². The average molecular weight is 604 g/mol.